The average Bonchev–Trinajstić information content (AvgIpc) is 3.21. The molecule has 0 atom stereocenters. The second kappa shape index (κ2) is 4.53. The van der Waals surface area contributed by atoms with Gasteiger partial charge in [-0.25, -0.2) is 0 Å². The van der Waals surface area contributed by atoms with Crippen LogP contribution in [-0.4, -0.2) is 34.1 Å². The standard InChI is InChI=1S/C11H14ClN3OS/c12-11-14-13-9(17-11)10(16)15(5-7-1-2-7)6-8-3-4-8/h7-8H,1-6H2. The molecular weight excluding hydrogens is 258 g/mol. The molecule has 0 aliphatic heterocycles. The fraction of sp³-hybridized carbons (Fsp3) is 0.727. The molecule has 17 heavy (non-hydrogen) atoms. The Kier molecular flexibility index (Phi) is 3.04. The lowest BCUT2D eigenvalue weighted by atomic mass is 10.3. The molecule has 0 saturated heterocycles. The average molecular weight is 272 g/mol. The van der Waals surface area contributed by atoms with Crippen LogP contribution >= 0.6 is 22.9 Å². The Morgan fingerprint density at radius 1 is 1.24 bits per heavy atom. The molecular formula is C11H14ClN3OS. The van der Waals surface area contributed by atoms with Crippen LogP contribution in [0.3, 0.4) is 0 Å². The van der Waals surface area contributed by atoms with E-state index in [2.05, 4.69) is 10.2 Å². The third-order valence-electron chi connectivity index (χ3n) is 3.22. The van der Waals surface area contributed by atoms with Crippen LogP contribution in [0.25, 0.3) is 0 Å². The van der Waals surface area contributed by atoms with Crippen molar-refractivity contribution in [1.29, 1.82) is 0 Å². The summed E-state index contributed by atoms with van der Waals surface area (Å²) < 4.78 is 0.339. The number of rotatable bonds is 5. The van der Waals surface area contributed by atoms with E-state index < -0.39 is 0 Å². The molecule has 1 aromatic rings. The summed E-state index contributed by atoms with van der Waals surface area (Å²) in [6.45, 7) is 1.76. The first-order valence-electron chi connectivity index (χ1n) is 6.00. The van der Waals surface area contributed by atoms with E-state index in [0.717, 1.165) is 13.1 Å². The van der Waals surface area contributed by atoms with Crippen LogP contribution in [-0.2, 0) is 0 Å². The highest BCUT2D eigenvalue weighted by atomic mass is 35.5. The third kappa shape index (κ3) is 2.96. The van der Waals surface area contributed by atoms with E-state index in [1.807, 2.05) is 4.90 Å². The lowest BCUT2D eigenvalue weighted by Crippen LogP contribution is -2.34. The van der Waals surface area contributed by atoms with E-state index in [-0.39, 0.29) is 5.91 Å². The molecule has 0 aromatic carbocycles. The molecule has 0 radical (unpaired) electrons. The van der Waals surface area contributed by atoms with Crippen molar-refractivity contribution in [2.75, 3.05) is 13.1 Å². The van der Waals surface area contributed by atoms with Gasteiger partial charge >= 0.3 is 0 Å². The maximum atomic E-state index is 12.3. The van der Waals surface area contributed by atoms with Crippen molar-refractivity contribution in [1.82, 2.24) is 15.1 Å². The van der Waals surface area contributed by atoms with Gasteiger partial charge in [0.2, 0.25) is 9.47 Å². The number of carbonyl (C=O) groups is 1. The predicted molar refractivity (Wildman–Crippen MR) is 66.3 cm³/mol. The van der Waals surface area contributed by atoms with Gasteiger partial charge in [-0.1, -0.05) is 11.3 Å². The van der Waals surface area contributed by atoms with Crippen LogP contribution in [0.15, 0.2) is 0 Å². The van der Waals surface area contributed by atoms with Crippen molar-refractivity contribution in [2.45, 2.75) is 25.7 Å². The minimum Gasteiger partial charge on any atom is -0.336 e. The van der Waals surface area contributed by atoms with E-state index in [9.17, 15) is 4.79 Å². The Bertz CT molecular complexity index is 414. The van der Waals surface area contributed by atoms with E-state index in [4.69, 9.17) is 11.6 Å². The number of hydrogen-bond donors (Lipinski definition) is 0. The molecule has 0 spiro atoms. The molecule has 6 heteroatoms. The second-order valence-electron chi connectivity index (χ2n) is 4.96. The van der Waals surface area contributed by atoms with Gasteiger partial charge in [-0.2, -0.15) is 0 Å². The number of aromatic nitrogens is 2. The van der Waals surface area contributed by atoms with E-state index >= 15 is 0 Å². The molecule has 2 fully saturated rings. The third-order valence-corrected chi connectivity index (χ3v) is 4.23. The number of carbonyl (C=O) groups excluding carboxylic acids is 1. The van der Waals surface area contributed by atoms with Gasteiger partial charge in [0.05, 0.1) is 0 Å². The first-order chi connectivity index (χ1) is 8.22. The van der Waals surface area contributed by atoms with Gasteiger partial charge in [0.25, 0.3) is 5.91 Å². The van der Waals surface area contributed by atoms with Gasteiger partial charge in [0.1, 0.15) is 0 Å². The minimum atomic E-state index is 0.00759. The first-order valence-corrected chi connectivity index (χ1v) is 7.20. The Balaban J connectivity index is 1.69. The van der Waals surface area contributed by atoms with Gasteiger partial charge in [-0.3, -0.25) is 4.79 Å². The van der Waals surface area contributed by atoms with E-state index in [1.165, 1.54) is 37.0 Å². The maximum Gasteiger partial charge on any atom is 0.284 e. The van der Waals surface area contributed by atoms with Crippen molar-refractivity contribution in [3.63, 3.8) is 0 Å². The summed E-state index contributed by atoms with van der Waals surface area (Å²) in [6.07, 6.45) is 5.02. The minimum absolute atomic E-state index is 0.00759. The number of hydrogen-bond acceptors (Lipinski definition) is 4. The Labute approximate surface area is 109 Å². The molecule has 2 aliphatic rings. The number of nitrogens with zero attached hydrogens (tertiary/aromatic N) is 3. The van der Waals surface area contributed by atoms with Crippen molar-refractivity contribution in [3.8, 4) is 0 Å². The number of halogens is 1. The first kappa shape index (κ1) is 11.4. The zero-order valence-electron chi connectivity index (χ0n) is 9.43. The molecule has 3 rings (SSSR count). The fourth-order valence-corrected chi connectivity index (χ4v) is 2.69. The highest BCUT2D eigenvalue weighted by Gasteiger charge is 2.32. The zero-order valence-corrected chi connectivity index (χ0v) is 11.0. The highest BCUT2D eigenvalue weighted by molar-refractivity contribution is 7.17. The van der Waals surface area contributed by atoms with Crippen molar-refractivity contribution in [3.05, 3.63) is 9.47 Å². The van der Waals surface area contributed by atoms with E-state index in [0.29, 0.717) is 21.3 Å². The summed E-state index contributed by atoms with van der Waals surface area (Å²) in [4.78, 5) is 14.2. The lowest BCUT2D eigenvalue weighted by molar-refractivity contribution is 0.0738. The van der Waals surface area contributed by atoms with Crippen molar-refractivity contribution >= 4 is 28.8 Å². The van der Waals surface area contributed by atoms with Crippen LogP contribution in [0.2, 0.25) is 4.47 Å². The largest absolute Gasteiger partial charge is 0.336 e. The smallest absolute Gasteiger partial charge is 0.284 e. The van der Waals surface area contributed by atoms with E-state index in [1.54, 1.807) is 0 Å². The second-order valence-corrected chi connectivity index (χ2v) is 6.52. The molecule has 0 N–H and O–H groups in total. The molecule has 92 valence electrons. The monoisotopic (exact) mass is 271 g/mol. The molecule has 1 amide bonds. The van der Waals surface area contributed by atoms with Crippen LogP contribution in [0.1, 0.15) is 35.5 Å². The summed E-state index contributed by atoms with van der Waals surface area (Å²) >= 11 is 6.89. The molecule has 0 unspecified atom stereocenters. The van der Waals surface area contributed by atoms with Gasteiger partial charge in [0, 0.05) is 13.1 Å². The van der Waals surface area contributed by atoms with Crippen molar-refractivity contribution in [2.24, 2.45) is 11.8 Å². The van der Waals surface area contributed by atoms with Gasteiger partial charge < -0.3 is 4.90 Å². The Hall–Kier alpha value is -0.680. The zero-order chi connectivity index (χ0) is 11.8. The molecule has 2 aliphatic carbocycles. The number of amides is 1. The molecule has 1 aromatic heterocycles. The molecule has 4 nitrogen and oxygen atoms in total. The molecule has 1 heterocycles. The summed E-state index contributed by atoms with van der Waals surface area (Å²) in [7, 11) is 0. The van der Waals surface area contributed by atoms with Crippen LogP contribution in [0.4, 0.5) is 0 Å². The quantitative estimate of drug-likeness (QED) is 0.826. The summed E-state index contributed by atoms with van der Waals surface area (Å²) in [5, 5.41) is 7.96. The summed E-state index contributed by atoms with van der Waals surface area (Å²) in [6, 6.07) is 0. The van der Waals surface area contributed by atoms with Crippen LogP contribution in [0.5, 0.6) is 0 Å². The Morgan fingerprint density at radius 3 is 2.24 bits per heavy atom. The predicted octanol–water partition coefficient (Wildman–Crippen LogP) is 2.45. The molecule has 0 bridgehead atoms. The summed E-state index contributed by atoms with van der Waals surface area (Å²) in [5.74, 6) is 1.43. The Morgan fingerprint density at radius 2 is 1.82 bits per heavy atom. The SMILES string of the molecule is O=C(c1nnc(Cl)s1)N(CC1CC1)CC1CC1. The van der Waals surface area contributed by atoms with Gasteiger partial charge in [-0.15, -0.1) is 10.2 Å². The summed E-state index contributed by atoms with van der Waals surface area (Å²) in [5.41, 5.74) is 0. The van der Waals surface area contributed by atoms with Crippen LogP contribution in [0, 0.1) is 11.8 Å². The van der Waals surface area contributed by atoms with Crippen LogP contribution < -0.4 is 0 Å². The lowest BCUT2D eigenvalue weighted by Gasteiger charge is -2.21. The topological polar surface area (TPSA) is 46.1 Å². The highest BCUT2D eigenvalue weighted by Crippen LogP contribution is 2.34. The maximum absolute atomic E-state index is 12.3. The fourth-order valence-electron chi connectivity index (χ4n) is 1.89. The normalized spacial score (nSPS) is 19.4. The van der Waals surface area contributed by atoms with Crippen molar-refractivity contribution < 1.29 is 4.79 Å². The van der Waals surface area contributed by atoms with Gasteiger partial charge in [0.15, 0.2) is 0 Å². The molecule has 2 saturated carbocycles. The van der Waals surface area contributed by atoms with Gasteiger partial charge in [-0.05, 0) is 49.1 Å².